The normalized spacial score (nSPS) is 11.9. The van der Waals surface area contributed by atoms with Gasteiger partial charge in [-0.25, -0.2) is 4.98 Å². The van der Waals surface area contributed by atoms with Crippen LogP contribution in [0, 0.1) is 13.8 Å². The summed E-state index contributed by atoms with van der Waals surface area (Å²) >= 11 is 5.91. The summed E-state index contributed by atoms with van der Waals surface area (Å²) in [5.41, 5.74) is 0.760. The maximum Gasteiger partial charge on any atom is 0.416 e. The van der Waals surface area contributed by atoms with E-state index in [-0.39, 0.29) is 5.02 Å². The summed E-state index contributed by atoms with van der Waals surface area (Å²) in [6, 6.07) is 3.40. The largest absolute Gasteiger partial charge is 0.416 e. The third-order valence-corrected chi connectivity index (χ3v) is 3.17. The first-order valence-electron chi connectivity index (χ1n) is 5.63. The van der Waals surface area contributed by atoms with Gasteiger partial charge in [0.05, 0.1) is 17.8 Å². The molecule has 2 aromatic rings. The summed E-state index contributed by atoms with van der Waals surface area (Å²) in [7, 11) is 0. The molecule has 0 aliphatic carbocycles. The van der Waals surface area contributed by atoms with E-state index in [1.807, 2.05) is 24.6 Å². The number of aryl methyl sites for hydroxylation is 2. The highest BCUT2D eigenvalue weighted by Gasteiger charge is 2.30. The molecule has 0 bridgehead atoms. The molecule has 6 heteroatoms. The molecule has 0 aliphatic rings. The van der Waals surface area contributed by atoms with Crippen molar-refractivity contribution in [3.05, 3.63) is 52.1 Å². The second-order valence-corrected chi connectivity index (χ2v) is 4.77. The SMILES string of the molecule is Cc1cn(Cc2ccc(C(F)(F)F)cc2Cl)c(C)n1. The Labute approximate surface area is 113 Å². The zero-order valence-electron chi connectivity index (χ0n) is 10.4. The van der Waals surface area contributed by atoms with E-state index >= 15 is 0 Å². The molecule has 0 fully saturated rings. The van der Waals surface area contributed by atoms with E-state index < -0.39 is 11.7 Å². The lowest BCUT2D eigenvalue weighted by molar-refractivity contribution is -0.137. The van der Waals surface area contributed by atoms with E-state index in [0.29, 0.717) is 12.1 Å². The van der Waals surface area contributed by atoms with Crippen LogP contribution in [-0.4, -0.2) is 9.55 Å². The van der Waals surface area contributed by atoms with E-state index in [0.717, 1.165) is 23.7 Å². The fourth-order valence-corrected chi connectivity index (χ4v) is 2.10. The molecule has 0 N–H and O–H groups in total. The fourth-order valence-electron chi connectivity index (χ4n) is 1.86. The van der Waals surface area contributed by atoms with Gasteiger partial charge in [-0.2, -0.15) is 13.2 Å². The van der Waals surface area contributed by atoms with Crippen LogP contribution in [0.25, 0.3) is 0 Å². The van der Waals surface area contributed by atoms with Crippen LogP contribution in [0.5, 0.6) is 0 Å². The van der Waals surface area contributed by atoms with Crippen LogP contribution < -0.4 is 0 Å². The molecule has 0 amide bonds. The van der Waals surface area contributed by atoms with Crippen LogP contribution in [0.1, 0.15) is 22.6 Å². The molecule has 0 radical (unpaired) electrons. The molecular weight excluding hydrogens is 277 g/mol. The van der Waals surface area contributed by atoms with Crippen LogP contribution >= 0.6 is 11.6 Å². The number of halogens is 4. The van der Waals surface area contributed by atoms with Gasteiger partial charge in [0.25, 0.3) is 0 Å². The first-order valence-corrected chi connectivity index (χ1v) is 6.01. The first-order chi connectivity index (χ1) is 8.77. The highest BCUT2D eigenvalue weighted by atomic mass is 35.5. The van der Waals surface area contributed by atoms with Crippen molar-refractivity contribution in [2.75, 3.05) is 0 Å². The van der Waals surface area contributed by atoms with Gasteiger partial charge < -0.3 is 4.57 Å². The number of nitrogens with zero attached hydrogens (tertiary/aromatic N) is 2. The van der Waals surface area contributed by atoms with Crippen molar-refractivity contribution in [3.63, 3.8) is 0 Å². The molecule has 19 heavy (non-hydrogen) atoms. The third-order valence-electron chi connectivity index (χ3n) is 2.82. The summed E-state index contributed by atoms with van der Waals surface area (Å²) < 4.78 is 39.4. The molecule has 0 saturated heterocycles. The molecule has 1 aromatic carbocycles. The maximum atomic E-state index is 12.5. The third kappa shape index (κ3) is 3.10. The predicted molar refractivity (Wildman–Crippen MR) is 67.3 cm³/mol. The lowest BCUT2D eigenvalue weighted by Crippen LogP contribution is -2.06. The summed E-state index contributed by atoms with van der Waals surface area (Å²) in [4.78, 5) is 4.23. The van der Waals surface area contributed by atoms with Gasteiger partial charge in [-0.05, 0) is 31.5 Å². The highest BCUT2D eigenvalue weighted by Crippen LogP contribution is 2.32. The molecule has 2 nitrogen and oxygen atoms in total. The number of hydrogen-bond acceptors (Lipinski definition) is 1. The Kier molecular flexibility index (Phi) is 3.58. The quantitative estimate of drug-likeness (QED) is 0.809. The fraction of sp³-hybridized carbons (Fsp3) is 0.308. The minimum Gasteiger partial charge on any atom is -0.330 e. The van der Waals surface area contributed by atoms with Gasteiger partial charge in [0, 0.05) is 11.2 Å². The van der Waals surface area contributed by atoms with Crippen molar-refractivity contribution >= 4 is 11.6 Å². The van der Waals surface area contributed by atoms with Crippen molar-refractivity contribution in [2.45, 2.75) is 26.6 Å². The van der Waals surface area contributed by atoms with E-state index in [1.165, 1.54) is 6.07 Å². The van der Waals surface area contributed by atoms with Crippen LogP contribution in [0.3, 0.4) is 0 Å². The second kappa shape index (κ2) is 4.89. The molecule has 1 heterocycles. The summed E-state index contributed by atoms with van der Waals surface area (Å²) in [5, 5.41) is 0.112. The van der Waals surface area contributed by atoms with Gasteiger partial charge in [-0.1, -0.05) is 17.7 Å². The van der Waals surface area contributed by atoms with Crippen LogP contribution in [0.15, 0.2) is 24.4 Å². The van der Waals surface area contributed by atoms with Gasteiger partial charge in [0.15, 0.2) is 0 Å². The van der Waals surface area contributed by atoms with E-state index in [4.69, 9.17) is 11.6 Å². The molecule has 0 saturated carbocycles. The number of benzene rings is 1. The van der Waals surface area contributed by atoms with Crippen molar-refractivity contribution in [1.29, 1.82) is 0 Å². The summed E-state index contributed by atoms with van der Waals surface area (Å²) in [6.45, 7) is 4.10. The minimum absolute atomic E-state index is 0.112. The Bertz CT molecular complexity index is 602. The Morgan fingerprint density at radius 3 is 2.42 bits per heavy atom. The van der Waals surface area contributed by atoms with Crippen molar-refractivity contribution in [2.24, 2.45) is 0 Å². The molecule has 102 valence electrons. The van der Waals surface area contributed by atoms with Crippen molar-refractivity contribution in [3.8, 4) is 0 Å². The van der Waals surface area contributed by atoms with Crippen LogP contribution in [0.2, 0.25) is 5.02 Å². The predicted octanol–water partition coefficient (Wildman–Crippen LogP) is 4.22. The Morgan fingerprint density at radius 2 is 1.95 bits per heavy atom. The van der Waals surface area contributed by atoms with Crippen LogP contribution in [0.4, 0.5) is 13.2 Å². The molecule has 0 unspecified atom stereocenters. The van der Waals surface area contributed by atoms with Gasteiger partial charge in [0.1, 0.15) is 5.82 Å². The number of aromatic nitrogens is 2. The van der Waals surface area contributed by atoms with Gasteiger partial charge in [-0.15, -0.1) is 0 Å². The lowest BCUT2D eigenvalue weighted by Gasteiger charge is -2.11. The maximum absolute atomic E-state index is 12.5. The summed E-state index contributed by atoms with van der Waals surface area (Å²) in [6.07, 6.45) is -2.53. The average molecular weight is 289 g/mol. The standard InChI is InChI=1S/C13H12ClF3N2/c1-8-6-19(9(2)18-8)7-10-3-4-11(5-12(10)14)13(15,16)17/h3-6H,7H2,1-2H3. The Balaban J connectivity index is 2.30. The topological polar surface area (TPSA) is 17.8 Å². The first kappa shape index (κ1) is 13.9. The Morgan fingerprint density at radius 1 is 1.26 bits per heavy atom. The molecule has 2 rings (SSSR count). The second-order valence-electron chi connectivity index (χ2n) is 4.36. The van der Waals surface area contributed by atoms with Crippen molar-refractivity contribution in [1.82, 2.24) is 9.55 Å². The lowest BCUT2D eigenvalue weighted by atomic mass is 10.1. The number of hydrogen-bond donors (Lipinski definition) is 0. The van der Waals surface area contributed by atoms with Crippen LogP contribution in [-0.2, 0) is 12.7 Å². The number of alkyl halides is 3. The molecule has 0 atom stereocenters. The Hall–Kier alpha value is -1.49. The van der Waals surface area contributed by atoms with Gasteiger partial charge >= 0.3 is 6.18 Å². The molecule has 1 aromatic heterocycles. The molecule has 0 spiro atoms. The number of rotatable bonds is 2. The van der Waals surface area contributed by atoms with Crippen molar-refractivity contribution < 1.29 is 13.2 Å². The average Bonchev–Trinajstić information content (AvgIpc) is 2.59. The zero-order chi connectivity index (χ0) is 14.2. The smallest absolute Gasteiger partial charge is 0.330 e. The van der Waals surface area contributed by atoms with E-state index in [9.17, 15) is 13.2 Å². The molecule has 0 aliphatic heterocycles. The number of imidazole rings is 1. The molecular formula is C13H12ClF3N2. The summed E-state index contributed by atoms with van der Waals surface area (Å²) in [5.74, 6) is 0.800. The zero-order valence-corrected chi connectivity index (χ0v) is 11.2. The van der Waals surface area contributed by atoms with E-state index in [2.05, 4.69) is 4.98 Å². The van der Waals surface area contributed by atoms with Gasteiger partial charge in [-0.3, -0.25) is 0 Å². The van der Waals surface area contributed by atoms with E-state index in [1.54, 1.807) is 0 Å². The minimum atomic E-state index is -4.37. The monoisotopic (exact) mass is 288 g/mol. The highest BCUT2D eigenvalue weighted by molar-refractivity contribution is 6.31. The van der Waals surface area contributed by atoms with Gasteiger partial charge in [0.2, 0.25) is 0 Å².